The molecule has 24 heavy (non-hydrogen) atoms. The fourth-order valence-electron chi connectivity index (χ4n) is 2.10. The molecule has 0 fully saturated rings. The van der Waals surface area contributed by atoms with Gasteiger partial charge in [0.2, 0.25) is 0 Å². The maximum atomic E-state index is 11.8. The minimum absolute atomic E-state index is 0.335. The second-order valence-corrected chi connectivity index (χ2v) is 5.59. The summed E-state index contributed by atoms with van der Waals surface area (Å²) in [5, 5.41) is 3.00. The van der Waals surface area contributed by atoms with Crippen molar-refractivity contribution < 1.29 is 23.8 Å². The molecule has 1 aliphatic rings. The minimum atomic E-state index is -0.852. The number of hydrogen-bond donors (Lipinski definition) is 1. The van der Waals surface area contributed by atoms with E-state index in [2.05, 4.69) is 5.32 Å². The second-order valence-electron chi connectivity index (χ2n) is 5.19. The first-order chi connectivity index (χ1) is 11.5. The van der Waals surface area contributed by atoms with Crippen LogP contribution < -0.4 is 14.8 Å². The lowest BCUT2D eigenvalue weighted by molar-refractivity contribution is -0.150. The average molecular weight is 354 g/mol. The number of benzene rings is 1. The van der Waals surface area contributed by atoms with Crippen LogP contribution in [0.3, 0.4) is 0 Å². The quantitative estimate of drug-likeness (QED) is 0.650. The number of esters is 1. The molecule has 1 aliphatic heterocycles. The van der Waals surface area contributed by atoms with Crippen molar-refractivity contribution >= 4 is 29.6 Å². The third-order valence-electron chi connectivity index (χ3n) is 3.25. The molecule has 1 heterocycles. The first kappa shape index (κ1) is 18.1. The fourth-order valence-corrected chi connectivity index (χ4v) is 2.37. The van der Waals surface area contributed by atoms with Crippen LogP contribution in [0, 0.1) is 0 Å². The van der Waals surface area contributed by atoms with E-state index >= 15 is 0 Å². The number of carbonyl (C=O) groups excluding carboxylic acids is 2. The smallest absolute Gasteiger partial charge is 0.331 e. The summed E-state index contributed by atoms with van der Waals surface area (Å²) in [6, 6.07) is 3.41. The van der Waals surface area contributed by atoms with E-state index in [0.717, 1.165) is 6.42 Å². The molecule has 0 bridgehead atoms. The van der Waals surface area contributed by atoms with E-state index in [1.54, 1.807) is 25.1 Å². The number of carbonyl (C=O) groups is 2. The monoisotopic (exact) mass is 353 g/mol. The van der Waals surface area contributed by atoms with Crippen molar-refractivity contribution in [2.75, 3.05) is 19.8 Å². The van der Waals surface area contributed by atoms with Gasteiger partial charge in [-0.2, -0.15) is 0 Å². The molecule has 1 amide bonds. The normalized spacial score (nSPS) is 14.8. The highest BCUT2D eigenvalue weighted by molar-refractivity contribution is 6.32. The van der Waals surface area contributed by atoms with Gasteiger partial charge in [0.15, 0.2) is 17.6 Å². The highest BCUT2D eigenvalue weighted by atomic mass is 35.5. The van der Waals surface area contributed by atoms with Crippen LogP contribution in [0.1, 0.15) is 25.8 Å². The van der Waals surface area contributed by atoms with Crippen LogP contribution in [0.25, 0.3) is 6.08 Å². The summed E-state index contributed by atoms with van der Waals surface area (Å²) in [5.74, 6) is 0.109. The third kappa shape index (κ3) is 4.89. The lowest BCUT2D eigenvalue weighted by Crippen LogP contribution is -2.35. The summed E-state index contributed by atoms with van der Waals surface area (Å²) in [7, 11) is 0. The van der Waals surface area contributed by atoms with E-state index in [0.29, 0.717) is 41.8 Å². The van der Waals surface area contributed by atoms with Gasteiger partial charge in [-0.15, -0.1) is 0 Å². The maximum Gasteiger partial charge on any atom is 0.331 e. The Balaban J connectivity index is 2.03. The molecule has 0 saturated heterocycles. The zero-order chi connectivity index (χ0) is 17.5. The Morgan fingerprint density at radius 2 is 2.12 bits per heavy atom. The first-order valence-electron chi connectivity index (χ1n) is 7.76. The van der Waals surface area contributed by atoms with Crippen LogP contribution in [0.2, 0.25) is 5.02 Å². The third-order valence-corrected chi connectivity index (χ3v) is 3.53. The Bertz CT molecular complexity index is 644. The molecule has 0 spiro atoms. The van der Waals surface area contributed by atoms with E-state index in [1.165, 1.54) is 13.0 Å². The molecular formula is C17H20ClNO5. The number of halogens is 1. The van der Waals surface area contributed by atoms with Crippen LogP contribution in [-0.2, 0) is 14.3 Å². The van der Waals surface area contributed by atoms with Gasteiger partial charge in [0.1, 0.15) is 0 Å². The lowest BCUT2D eigenvalue weighted by Gasteiger charge is -2.11. The van der Waals surface area contributed by atoms with E-state index in [9.17, 15) is 9.59 Å². The molecular weight excluding hydrogens is 334 g/mol. The first-order valence-corrected chi connectivity index (χ1v) is 8.14. The van der Waals surface area contributed by atoms with Gasteiger partial charge in [-0.3, -0.25) is 4.79 Å². The van der Waals surface area contributed by atoms with Crippen LogP contribution in [0.15, 0.2) is 18.2 Å². The van der Waals surface area contributed by atoms with Crippen molar-refractivity contribution in [1.82, 2.24) is 5.32 Å². The Morgan fingerprint density at radius 3 is 2.88 bits per heavy atom. The van der Waals surface area contributed by atoms with E-state index < -0.39 is 12.1 Å². The summed E-state index contributed by atoms with van der Waals surface area (Å²) < 4.78 is 16.2. The molecule has 0 radical (unpaired) electrons. The minimum Gasteiger partial charge on any atom is -0.489 e. The second kappa shape index (κ2) is 8.59. The van der Waals surface area contributed by atoms with Crippen molar-refractivity contribution in [2.24, 2.45) is 0 Å². The highest BCUT2D eigenvalue weighted by Gasteiger charge is 2.16. The molecule has 0 aliphatic carbocycles. The predicted octanol–water partition coefficient (Wildman–Crippen LogP) is 2.58. The van der Waals surface area contributed by atoms with E-state index in [1.807, 2.05) is 0 Å². The number of hydrogen-bond acceptors (Lipinski definition) is 5. The number of rotatable bonds is 5. The topological polar surface area (TPSA) is 73.9 Å². The molecule has 0 unspecified atom stereocenters. The molecule has 7 heteroatoms. The Morgan fingerprint density at radius 1 is 1.38 bits per heavy atom. The summed E-state index contributed by atoms with van der Waals surface area (Å²) in [6.45, 7) is 4.88. The molecule has 130 valence electrons. The summed E-state index contributed by atoms with van der Waals surface area (Å²) in [4.78, 5) is 23.3. The largest absolute Gasteiger partial charge is 0.489 e. The van der Waals surface area contributed by atoms with Gasteiger partial charge in [0.25, 0.3) is 5.91 Å². The van der Waals surface area contributed by atoms with Crippen molar-refractivity contribution in [1.29, 1.82) is 0 Å². The van der Waals surface area contributed by atoms with Crippen LogP contribution in [-0.4, -0.2) is 37.7 Å². The molecule has 6 nitrogen and oxygen atoms in total. The van der Waals surface area contributed by atoms with Crippen LogP contribution in [0.5, 0.6) is 11.5 Å². The number of likely N-dealkylation sites (N-methyl/N-ethyl adjacent to an activating group) is 1. The lowest BCUT2D eigenvalue weighted by atomic mass is 10.2. The Labute approximate surface area is 145 Å². The Kier molecular flexibility index (Phi) is 6.49. The maximum absolute atomic E-state index is 11.8. The molecule has 1 aromatic rings. The van der Waals surface area contributed by atoms with Crippen molar-refractivity contribution in [3.05, 3.63) is 28.8 Å². The van der Waals surface area contributed by atoms with Gasteiger partial charge in [-0.25, -0.2) is 4.79 Å². The zero-order valence-corrected chi connectivity index (χ0v) is 14.4. The van der Waals surface area contributed by atoms with Crippen molar-refractivity contribution in [3.8, 4) is 11.5 Å². The molecule has 1 atom stereocenters. The van der Waals surface area contributed by atoms with Gasteiger partial charge in [-0.05, 0) is 37.6 Å². The fraction of sp³-hybridized carbons (Fsp3) is 0.412. The molecule has 0 aromatic heterocycles. The van der Waals surface area contributed by atoms with Crippen LogP contribution in [0.4, 0.5) is 0 Å². The van der Waals surface area contributed by atoms with Crippen molar-refractivity contribution in [3.63, 3.8) is 0 Å². The highest BCUT2D eigenvalue weighted by Crippen LogP contribution is 2.38. The standard InChI is InChI=1S/C17H20ClNO5/c1-3-19-17(21)11(2)24-15(20)6-5-12-9-13(18)16-14(10-12)22-7-4-8-23-16/h5-6,9-11H,3-4,7-8H2,1-2H3,(H,19,21)/b6-5+/t11-/m1/s1. The zero-order valence-electron chi connectivity index (χ0n) is 13.6. The number of fused-ring (bicyclic) bond motifs is 1. The molecule has 2 rings (SSSR count). The predicted molar refractivity (Wildman–Crippen MR) is 90.3 cm³/mol. The summed E-state index contributed by atoms with van der Waals surface area (Å²) >= 11 is 6.19. The van der Waals surface area contributed by atoms with E-state index in [-0.39, 0.29) is 5.91 Å². The SMILES string of the molecule is CCNC(=O)[C@@H](C)OC(=O)/C=C/c1cc(Cl)c2c(c1)OCCCO2. The van der Waals surface area contributed by atoms with Gasteiger partial charge in [0.05, 0.1) is 18.2 Å². The number of ether oxygens (including phenoxy) is 3. The van der Waals surface area contributed by atoms with Gasteiger partial charge in [-0.1, -0.05) is 11.6 Å². The molecule has 1 N–H and O–H groups in total. The van der Waals surface area contributed by atoms with Gasteiger partial charge in [0, 0.05) is 19.0 Å². The summed E-state index contributed by atoms with van der Waals surface area (Å²) in [6.07, 6.45) is 2.72. The summed E-state index contributed by atoms with van der Waals surface area (Å²) in [5.41, 5.74) is 0.673. The average Bonchev–Trinajstić information content (AvgIpc) is 2.79. The van der Waals surface area contributed by atoms with Crippen molar-refractivity contribution in [2.45, 2.75) is 26.4 Å². The number of amides is 1. The van der Waals surface area contributed by atoms with E-state index in [4.69, 9.17) is 25.8 Å². The van der Waals surface area contributed by atoms with Gasteiger partial charge < -0.3 is 19.5 Å². The molecule has 1 aromatic carbocycles. The number of nitrogens with one attached hydrogen (secondary N) is 1. The van der Waals surface area contributed by atoms with Crippen LogP contribution >= 0.6 is 11.6 Å². The van der Waals surface area contributed by atoms with Gasteiger partial charge >= 0.3 is 5.97 Å². The Hall–Kier alpha value is -2.21. The molecule has 0 saturated carbocycles.